The number of nitrogens with zero attached hydrogens (tertiary/aromatic N) is 4. The van der Waals surface area contributed by atoms with E-state index in [2.05, 4.69) is 322 Å². The molecule has 4 aliphatic rings. The summed E-state index contributed by atoms with van der Waals surface area (Å²) in [6, 6.07) is 99.2. The second kappa shape index (κ2) is 18.8. The Labute approximate surface area is 483 Å². The maximum absolute atomic E-state index is 2.54. The maximum Gasteiger partial charge on any atom is 0.0543 e. The molecule has 11 aromatic carbocycles. The molecule has 13 aromatic rings. The van der Waals surface area contributed by atoms with Crippen LogP contribution in [0.25, 0.3) is 71.7 Å². The van der Waals surface area contributed by atoms with Crippen molar-refractivity contribution in [1.29, 1.82) is 0 Å². The van der Waals surface area contributed by atoms with Crippen molar-refractivity contribution in [3.8, 4) is 22.5 Å². The number of hydrogen-bond acceptors (Lipinski definition) is 2. The van der Waals surface area contributed by atoms with Gasteiger partial charge in [0.25, 0.3) is 0 Å². The molecule has 2 aromatic heterocycles. The van der Waals surface area contributed by atoms with E-state index in [0.717, 1.165) is 47.0 Å². The highest BCUT2D eigenvalue weighted by Crippen LogP contribution is 2.67. The lowest BCUT2D eigenvalue weighted by atomic mass is 9.65. The second-order valence-corrected chi connectivity index (χ2v) is 22.6. The van der Waals surface area contributed by atoms with Crippen molar-refractivity contribution < 1.29 is 0 Å². The predicted octanol–water partition coefficient (Wildman–Crippen LogP) is 20.4. The summed E-state index contributed by atoms with van der Waals surface area (Å²) in [5, 5.41) is 4.94. The lowest BCUT2D eigenvalue weighted by Crippen LogP contribution is -2.33. The molecular formula is C79H56N4. The molecule has 1 spiro atoms. The van der Waals surface area contributed by atoms with E-state index in [1.165, 1.54) is 99.5 Å². The van der Waals surface area contributed by atoms with Crippen LogP contribution in [0.4, 0.5) is 28.4 Å². The average molecular weight is 1060 g/mol. The van der Waals surface area contributed by atoms with E-state index in [1.807, 2.05) is 0 Å². The van der Waals surface area contributed by atoms with E-state index in [4.69, 9.17) is 0 Å². The Kier molecular flexibility index (Phi) is 10.8. The van der Waals surface area contributed by atoms with Gasteiger partial charge in [0, 0.05) is 78.8 Å². The lowest BCUT2D eigenvalue weighted by Gasteiger charge is -2.36. The van der Waals surface area contributed by atoms with E-state index in [1.54, 1.807) is 0 Å². The molecule has 0 N–H and O–H groups in total. The normalized spacial score (nSPS) is 17.4. The fourth-order valence-corrected chi connectivity index (χ4v) is 15.1. The van der Waals surface area contributed by atoms with E-state index >= 15 is 0 Å². The first-order valence-corrected chi connectivity index (χ1v) is 29.2. The van der Waals surface area contributed by atoms with Crippen molar-refractivity contribution in [3.63, 3.8) is 0 Å². The molecule has 0 fully saturated rings. The van der Waals surface area contributed by atoms with Crippen molar-refractivity contribution in [1.82, 2.24) is 9.13 Å². The van der Waals surface area contributed by atoms with Crippen LogP contribution in [0.1, 0.15) is 46.6 Å². The Morgan fingerprint density at radius 2 is 0.904 bits per heavy atom. The third kappa shape index (κ3) is 7.12. The molecule has 0 amide bonds. The van der Waals surface area contributed by atoms with Crippen molar-refractivity contribution in [2.24, 2.45) is 5.92 Å². The zero-order valence-electron chi connectivity index (χ0n) is 45.7. The van der Waals surface area contributed by atoms with Gasteiger partial charge < -0.3 is 18.9 Å². The van der Waals surface area contributed by atoms with Crippen LogP contribution in [-0.4, -0.2) is 9.13 Å². The highest BCUT2D eigenvalue weighted by Gasteiger charge is 2.57. The van der Waals surface area contributed by atoms with E-state index in [9.17, 15) is 0 Å². The predicted molar refractivity (Wildman–Crippen MR) is 346 cm³/mol. The van der Waals surface area contributed by atoms with Gasteiger partial charge >= 0.3 is 0 Å². The first kappa shape index (κ1) is 47.4. The third-order valence-corrected chi connectivity index (χ3v) is 18.5. The molecule has 0 saturated heterocycles. The molecule has 4 aliphatic carbocycles. The molecule has 0 bridgehead atoms. The van der Waals surface area contributed by atoms with Crippen LogP contribution in [0.3, 0.4) is 0 Å². The molecule has 3 unspecified atom stereocenters. The summed E-state index contributed by atoms with van der Waals surface area (Å²) in [5.74, 6) is 0.530. The zero-order valence-corrected chi connectivity index (χ0v) is 45.7. The Morgan fingerprint density at radius 1 is 0.373 bits per heavy atom. The highest BCUT2D eigenvalue weighted by molar-refractivity contribution is 6.12. The fraction of sp³-hybridized carbons (Fsp3) is 0.0633. The summed E-state index contributed by atoms with van der Waals surface area (Å²) in [4.78, 5) is 5.00. The monoisotopic (exact) mass is 1060 g/mol. The molecular weight excluding hydrogens is 1000 g/mol. The van der Waals surface area contributed by atoms with Crippen molar-refractivity contribution >= 4 is 77.6 Å². The smallest absolute Gasteiger partial charge is 0.0543 e. The van der Waals surface area contributed by atoms with Crippen LogP contribution in [0.15, 0.2) is 309 Å². The minimum atomic E-state index is -0.349. The number of anilines is 5. The molecule has 2 heterocycles. The number of rotatable bonds is 9. The van der Waals surface area contributed by atoms with Crippen molar-refractivity contribution in [2.45, 2.75) is 24.2 Å². The Hall–Kier alpha value is -10.4. The van der Waals surface area contributed by atoms with Crippen LogP contribution < -0.4 is 9.80 Å². The van der Waals surface area contributed by atoms with Gasteiger partial charge in [-0.2, -0.15) is 0 Å². The lowest BCUT2D eigenvalue weighted by molar-refractivity contribution is 0.465. The molecule has 392 valence electrons. The Bertz CT molecular complexity index is 4860. The van der Waals surface area contributed by atoms with Gasteiger partial charge in [-0.05, 0) is 161 Å². The molecule has 0 aliphatic heterocycles. The van der Waals surface area contributed by atoms with Crippen molar-refractivity contribution in [2.75, 3.05) is 9.80 Å². The summed E-state index contributed by atoms with van der Waals surface area (Å²) in [5.41, 5.74) is 24.5. The van der Waals surface area contributed by atoms with Crippen LogP contribution in [0.5, 0.6) is 0 Å². The molecule has 4 nitrogen and oxygen atoms in total. The topological polar surface area (TPSA) is 16.3 Å². The SMILES string of the molecule is C1=CC2c3ccccc3C3(c4ccccc4-c4c(N(c5ccc(C6=CC=C(N(c7ccccc7)c7ccc8c(c7)c7ccccc7n8-c7ccccc7)CC6)cc5)c5ccc6c(c5)c5ccccc5n6-c5ccccc5)cccc43)C2C=C1. The molecule has 0 saturated carbocycles. The number of benzene rings is 11. The van der Waals surface area contributed by atoms with Gasteiger partial charge in [-0.15, -0.1) is 0 Å². The Morgan fingerprint density at radius 3 is 1.57 bits per heavy atom. The standard InChI is InChI=1S/C79H56N4/c1-4-21-55(22-5-1)80(60-47-49-75-67(51-60)64-29-13-18-36-73(64)82(75)56-23-6-2-7-24-56)58-43-39-53(40-44-58)54-41-45-59(46-42-54)81(61-48-50-76-68(52-61)65-30-14-19-37-74(65)83(76)57-25-8-3-9-26-57)77-38-20-35-72-78(77)66-31-12-17-34-71(66)79(72)69-32-15-10-27-62(69)63-28-11-16-33-70(63)79/h1-39,41-43,45-52,62,69H,40,44H2. The number of fused-ring (bicyclic) bond motifs is 16. The van der Waals surface area contributed by atoms with Gasteiger partial charge in [-0.3, -0.25) is 0 Å². The average Bonchev–Trinajstić information content (AvgIpc) is 2.40. The molecule has 3 atom stereocenters. The van der Waals surface area contributed by atoms with Crippen LogP contribution in [-0.2, 0) is 5.41 Å². The number of allylic oxidation sites excluding steroid dienone is 8. The molecule has 0 radical (unpaired) electrons. The largest absolute Gasteiger partial charge is 0.314 e. The first-order valence-electron chi connectivity index (χ1n) is 29.2. The minimum absolute atomic E-state index is 0.241. The molecule has 17 rings (SSSR count). The van der Waals surface area contributed by atoms with Gasteiger partial charge in [-0.1, -0.05) is 194 Å². The van der Waals surface area contributed by atoms with Gasteiger partial charge in [0.05, 0.1) is 33.2 Å². The van der Waals surface area contributed by atoms with E-state index in [-0.39, 0.29) is 17.3 Å². The highest BCUT2D eigenvalue weighted by atomic mass is 15.2. The number of para-hydroxylation sites is 5. The van der Waals surface area contributed by atoms with Gasteiger partial charge in [0.1, 0.15) is 0 Å². The van der Waals surface area contributed by atoms with Crippen LogP contribution in [0, 0.1) is 5.92 Å². The summed E-state index contributed by atoms with van der Waals surface area (Å²) in [6.45, 7) is 0. The van der Waals surface area contributed by atoms with Crippen molar-refractivity contribution in [3.05, 3.63) is 337 Å². The van der Waals surface area contributed by atoms with Crippen LogP contribution in [0.2, 0.25) is 0 Å². The summed E-state index contributed by atoms with van der Waals surface area (Å²) in [6.07, 6.45) is 16.0. The first-order chi connectivity index (χ1) is 41.2. The third-order valence-electron chi connectivity index (χ3n) is 18.5. The zero-order chi connectivity index (χ0) is 54.6. The minimum Gasteiger partial charge on any atom is -0.314 e. The summed E-state index contributed by atoms with van der Waals surface area (Å²) < 4.78 is 4.80. The molecule has 83 heavy (non-hydrogen) atoms. The van der Waals surface area contributed by atoms with E-state index < -0.39 is 0 Å². The quantitative estimate of drug-likeness (QED) is 0.143. The van der Waals surface area contributed by atoms with Crippen LogP contribution >= 0.6 is 0 Å². The van der Waals surface area contributed by atoms with Gasteiger partial charge in [0.2, 0.25) is 0 Å². The maximum atomic E-state index is 2.54. The van der Waals surface area contributed by atoms with Gasteiger partial charge in [0.15, 0.2) is 0 Å². The number of aromatic nitrogens is 2. The van der Waals surface area contributed by atoms with E-state index in [0.29, 0.717) is 0 Å². The Balaban J connectivity index is 0.800. The number of hydrogen-bond donors (Lipinski definition) is 0. The summed E-state index contributed by atoms with van der Waals surface area (Å²) in [7, 11) is 0. The molecule has 4 heteroatoms. The fourth-order valence-electron chi connectivity index (χ4n) is 15.1. The summed E-state index contributed by atoms with van der Waals surface area (Å²) >= 11 is 0. The van der Waals surface area contributed by atoms with Gasteiger partial charge in [-0.25, -0.2) is 0 Å². The second-order valence-electron chi connectivity index (χ2n) is 22.6.